The maximum atomic E-state index is 13.7. The molecule has 1 aliphatic heterocycles. The Balaban J connectivity index is 1.25. The third kappa shape index (κ3) is 5.64. The minimum absolute atomic E-state index is 0.0343. The summed E-state index contributed by atoms with van der Waals surface area (Å²) in [6.07, 6.45) is 5.64. The third-order valence-electron chi connectivity index (χ3n) is 8.42. The predicted molar refractivity (Wildman–Crippen MR) is 144 cm³/mol. The van der Waals surface area contributed by atoms with E-state index in [1.54, 1.807) is 24.3 Å². The van der Waals surface area contributed by atoms with Gasteiger partial charge in [0.1, 0.15) is 11.6 Å². The van der Waals surface area contributed by atoms with Crippen LogP contribution in [0.2, 0.25) is 0 Å². The van der Waals surface area contributed by atoms with Crippen LogP contribution in [0.15, 0.2) is 72.8 Å². The number of carbonyl (C=O) groups excluding carboxylic acids is 2. The minimum Gasteiger partial charge on any atom is -0.349 e. The lowest BCUT2D eigenvalue weighted by molar-refractivity contribution is -0.136. The number of hydrogen-bond acceptors (Lipinski definition) is 2. The molecule has 2 fully saturated rings. The number of rotatable bonds is 7. The fourth-order valence-corrected chi connectivity index (χ4v) is 5.73. The number of nitrogens with one attached hydrogen (secondary N) is 1. The summed E-state index contributed by atoms with van der Waals surface area (Å²) in [6.45, 7) is 2.99. The molecule has 2 amide bonds. The summed E-state index contributed by atoms with van der Waals surface area (Å²) in [4.78, 5) is 28.8. The van der Waals surface area contributed by atoms with E-state index in [0.717, 1.165) is 36.0 Å². The van der Waals surface area contributed by atoms with E-state index < -0.39 is 5.41 Å². The van der Waals surface area contributed by atoms with Gasteiger partial charge in [0.05, 0.1) is 11.5 Å². The number of halogens is 2. The zero-order valence-electron chi connectivity index (χ0n) is 21.8. The van der Waals surface area contributed by atoms with Crippen molar-refractivity contribution in [1.29, 1.82) is 0 Å². The molecule has 1 atom stereocenters. The second-order valence-corrected chi connectivity index (χ2v) is 10.9. The first-order chi connectivity index (χ1) is 18.3. The summed E-state index contributed by atoms with van der Waals surface area (Å²) < 4.78 is 26.6. The molecule has 2 aliphatic rings. The van der Waals surface area contributed by atoms with Crippen molar-refractivity contribution in [2.75, 3.05) is 13.1 Å². The Bertz CT molecular complexity index is 1260. The van der Waals surface area contributed by atoms with Gasteiger partial charge in [0.2, 0.25) is 5.91 Å². The SMILES string of the molecule is C[C@H](NC(=O)C1(CC2CCC2)CCN(C(=O)c2ccc(-c3ccc(F)cc3)cc2)CC1)c1ccc(F)cc1. The summed E-state index contributed by atoms with van der Waals surface area (Å²) in [7, 11) is 0. The standard InChI is InChI=1S/C32H34F2N2O2/c1-22(24-9-13-28(33)14-10-24)35-31(38)32(21-23-3-2-4-23)17-19-36(20-18-32)30(37)27-7-5-25(6-8-27)26-11-15-29(34)16-12-26/h5-16,22-23H,2-4,17-21H2,1H3,(H,35,38)/t22-/m0/s1. The molecule has 0 spiro atoms. The molecule has 38 heavy (non-hydrogen) atoms. The van der Waals surface area contributed by atoms with Crippen molar-refractivity contribution in [1.82, 2.24) is 10.2 Å². The van der Waals surface area contributed by atoms with Crippen molar-refractivity contribution >= 4 is 11.8 Å². The summed E-state index contributed by atoms with van der Waals surface area (Å²) in [5, 5.41) is 3.19. The topological polar surface area (TPSA) is 49.4 Å². The van der Waals surface area contributed by atoms with Crippen LogP contribution >= 0.6 is 0 Å². The van der Waals surface area contributed by atoms with Crippen LogP contribution in [0.25, 0.3) is 11.1 Å². The smallest absolute Gasteiger partial charge is 0.253 e. The van der Waals surface area contributed by atoms with Gasteiger partial charge in [-0.05, 0) is 85.2 Å². The summed E-state index contributed by atoms with van der Waals surface area (Å²) in [5.41, 5.74) is 2.80. The Hall–Kier alpha value is -3.54. The predicted octanol–water partition coefficient (Wildman–Crippen LogP) is 6.92. The van der Waals surface area contributed by atoms with Gasteiger partial charge in [0, 0.05) is 18.7 Å². The zero-order valence-corrected chi connectivity index (χ0v) is 21.8. The zero-order chi connectivity index (χ0) is 26.7. The first kappa shape index (κ1) is 26.1. The van der Waals surface area contributed by atoms with Crippen molar-refractivity contribution < 1.29 is 18.4 Å². The Labute approximate surface area is 223 Å². The largest absolute Gasteiger partial charge is 0.349 e. The molecular weight excluding hydrogens is 482 g/mol. The number of hydrogen-bond donors (Lipinski definition) is 1. The van der Waals surface area contributed by atoms with Crippen LogP contribution in [0.5, 0.6) is 0 Å². The minimum atomic E-state index is -0.497. The average Bonchev–Trinajstić information content (AvgIpc) is 2.91. The van der Waals surface area contributed by atoms with E-state index >= 15 is 0 Å². The number of carbonyl (C=O) groups is 2. The molecule has 1 heterocycles. The van der Waals surface area contributed by atoms with E-state index in [1.807, 2.05) is 36.1 Å². The van der Waals surface area contributed by atoms with Crippen LogP contribution in [0.1, 0.15) is 67.4 Å². The first-order valence-electron chi connectivity index (χ1n) is 13.5. The van der Waals surface area contributed by atoms with E-state index in [1.165, 1.54) is 30.7 Å². The van der Waals surface area contributed by atoms with Crippen molar-refractivity contribution in [3.8, 4) is 11.1 Å². The molecule has 0 unspecified atom stereocenters. The quantitative estimate of drug-likeness (QED) is 0.371. The van der Waals surface area contributed by atoms with Gasteiger partial charge in [-0.15, -0.1) is 0 Å². The molecular formula is C32H34F2N2O2. The van der Waals surface area contributed by atoms with Crippen molar-refractivity contribution in [3.05, 3.63) is 95.6 Å². The van der Waals surface area contributed by atoms with Crippen molar-refractivity contribution in [2.45, 2.75) is 51.5 Å². The maximum Gasteiger partial charge on any atom is 0.253 e. The van der Waals surface area contributed by atoms with Gasteiger partial charge in [0.25, 0.3) is 5.91 Å². The highest BCUT2D eigenvalue weighted by molar-refractivity contribution is 5.95. The molecule has 5 rings (SSSR count). The third-order valence-corrected chi connectivity index (χ3v) is 8.42. The van der Waals surface area contributed by atoms with E-state index in [4.69, 9.17) is 0 Å². The molecule has 0 bridgehead atoms. The van der Waals surface area contributed by atoms with Gasteiger partial charge in [-0.25, -0.2) is 8.78 Å². The summed E-state index contributed by atoms with van der Waals surface area (Å²) >= 11 is 0. The highest BCUT2D eigenvalue weighted by Gasteiger charge is 2.44. The number of amides is 2. The Morgan fingerprint density at radius 3 is 1.92 bits per heavy atom. The van der Waals surface area contributed by atoms with Crippen LogP contribution in [0.3, 0.4) is 0 Å². The van der Waals surface area contributed by atoms with Crippen LogP contribution in [-0.2, 0) is 4.79 Å². The van der Waals surface area contributed by atoms with Crippen LogP contribution in [0, 0.1) is 23.0 Å². The van der Waals surface area contributed by atoms with Crippen LogP contribution in [-0.4, -0.2) is 29.8 Å². The lowest BCUT2D eigenvalue weighted by Crippen LogP contribution is -2.51. The first-order valence-corrected chi connectivity index (χ1v) is 13.5. The lowest BCUT2D eigenvalue weighted by atomic mass is 9.66. The second kappa shape index (κ2) is 11.1. The molecule has 198 valence electrons. The molecule has 4 nitrogen and oxygen atoms in total. The number of piperidine rings is 1. The van der Waals surface area contributed by atoms with Crippen molar-refractivity contribution in [3.63, 3.8) is 0 Å². The van der Waals surface area contributed by atoms with Gasteiger partial charge >= 0.3 is 0 Å². The highest BCUT2D eigenvalue weighted by atomic mass is 19.1. The van der Waals surface area contributed by atoms with E-state index in [-0.39, 0.29) is 29.5 Å². The van der Waals surface area contributed by atoms with Gasteiger partial charge in [-0.3, -0.25) is 9.59 Å². The maximum absolute atomic E-state index is 13.7. The van der Waals surface area contributed by atoms with Crippen LogP contribution in [0.4, 0.5) is 8.78 Å². The fraction of sp³-hybridized carbons (Fsp3) is 0.375. The molecule has 1 N–H and O–H groups in total. The number of likely N-dealkylation sites (tertiary alicyclic amines) is 1. The van der Waals surface area contributed by atoms with Gasteiger partial charge < -0.3 is 10.2 Å². The average molecular weight is 517 g/mol. The molecule has 1 saturated heterocycles. The van der Waals surface area contributed by atoms with Gasteiger partial charge in [-0.2, -0.15) is 0 Å². The Kier molecular flexibility index (Phi) is 7.59. The highest BCUT2D eigenvalue weighted by Crippen LogP contribution is 2.44. The Morgan fingerprint density at radius 2 is 1.39 bits per heavy atom. The molecule has 1 aliphatic carbocycles. The molecule has 0 aromatic heterocycles. The lowest BCUT2D eigenvalue weighted by Gasteiger charge is -2.44. The molecule has 6 heteroatoms. The van der Waals surface area contributed by atoms with E-state index in [0.29, 0.717) is 37.4 Å². The Morgan fingerprint density at radius 1 is 0.868 bits per heavy atom. The van der Waals surface area contributed by atoms with Gasteiger partial charge in [0.15, 0.2) is 0 Å². The monoisotopic (exact) mass is 516 g/mol. The summed E-state index contributed by atoms with van der Waals surface area (Å²) in [6, 6.07) is 19.7. The number of nitrogens with zero attached hydrogens (tertiary/aromatic N) is 1. The molecule has 0 radical (unpaired) electrons. The summed E-state index contributed by atoms with van der Waals surface area (Å²) in [5.74, 6) is -0.0124. The normalized spacial score (nSPS) is 17.9. The molecule has 3 aromatic carbocycles. The number of benzene rings is 3. The van der Waals surface area contributed by atoms with E-state index in [2.05, 4.69) is 5.32 Å². The second-order valence-electron chi connectivity index (χ2n) is 10.9. The van der Waals surface area contributed by atoms with Crippen LogP contribution < -0.4 is 5.32 Å². The van der Waals surface area contributed by atoms with Gasteiger partial charge in [-0.1, -0.05) is 55.7 Å². The molecule has 1 saturated carbocycles. The molecule has 3 aromatic rings. The van der Waals surface area contributed by atoms with Crippen molar-refractivity contribution in [2.24, 2.45) is 11.3 Å². The van der Waals surface area contributed by atoms with E-state index in [9.17, 15) is 18.4 Å². The fourth-order valence-electron chi connectivity index (χ4n) is 5.73.